The highest BCUT2D eigenvalue weighted by Crippen LogP contribution is 2.42. The summed E-state index contributed by atoms with van der Waals surface area (Å²) in [6.07, 6.45) is -9.33. The van der Waals surface area contributed by atoms with E-state index in [2.05, 4.69) is 10.6 Å². The lowest BCUT2D eigenvalue weighted by molar-refractivity contribution is -0.144. The fraction of sp³-hybridized carbons (Fsp3) is 0.486. The summed E-state index contributed by atoms with van der Waals surface area (Å²) in [6, 6.07) is 1.50. The predicted molar refractivity (Wildman–Crippen MR) is 359 cm³/mol. The Morgan fingerprint density at radius 2 is 0.837 bits per heavy atom. The summed E-state index contributed by atoms with van der Waals surface area (Å²) in [5, 5.41) is 14.8. The molecule has 2 heterocycles. The van der Waals surface area contributed by atoms with Gasteiger partial charge in [-0.05, 0) is 232 Å². The first-order chi connectivity index (χ1) is 45.3. The van der Waals surface area contributed by atoms with Crippen molar-refractivity contribution in [2.24, 2.45) is 11.8 Å². The van der Waals surface area contributed by atoms with Crippen LogP contribution < -0.4 is 21.8 Å². The van der Waals surface area contributed by atoms with Crippen molar-refractivity contribution >= 4 is 23.8 Å². The summed E-state index contributed by atoms with van der Waals surface area (Å²) >= 11 is 0. The number of carboxylic acids is 1. The van der Waals surface area contributed by atoms with Crippen LogP contribution in [0.3, 0.4) is 0 Å². The number of rotatable bonds is 25. The highest BCUT2D eigenvalue weighted by Gasteiger charge is 2.39. The number of aliphatic carboxylic acids is 1. The maximum absolute atomic E-state index is 16.8. The maximum Gasteiger partial charge on any atom is 0.416 e. The van der Waals surface area contributed by atoms with Crippen LogP contribution in [0.2, 0.25) is 0 Å². The number of nitrogens with zero attached hydrogens (tertiary/aromatic N) is 4. The van der Waals surface area contributed by atoms with Gasteiger partial charge in [-0.2, -0.15) is 26.3 Å². The molecule has 536 valence electrons. The SMILES string of the molecule is CCOC(=O)C[C@H](NC(=O)C(CC(C)C)n1cc(CCN(C)C)c(C(F)(F)F)cc1=O)c1c(F)c(C)cc(-c2c(C)c(C)cc(C)c2C)c1F.Cc1cc(C)c(C)c(-c2cc(C)c(F)c([C@H](CC(=O)O)NC(=O)C(CC(C)C)n3cc(CCN(C)C)c(C(F)(F)F)cc3=O)c2F)c1C. The van der Waals surface area contributed by atoms with Crippen molar-refractivity contribution in [3.8, 4) is 22.3 Å². The van der Waals surface area contributed by atoms with Gasteiger partial charge in [-0.1, -0.05) is 39.8 Å². The van der Waals surface area contributed by atoms with E-state index in [1.807, 2.05) is 53.7 Å². The van der Waals surface area contributed by atoms with Gasteiger partial charge < -0.3 is 39.4 Å². The second-order valence-electron chi connectivity index (χ2n) is 26.9. The van der Waals surface area contributed by atoms with E-state index >= 15 is 17.6 Å². The number of aryl methyl sites for hydroxylation is 6. The first-order valence-corrected chi connectivity index (χ1v) is 32.4. The number of aromatic nitrogens is 2. The zero-order valence-electron chi connectivity index (χ0n) is 59.3. The second kappa shape index (κ2) is 33.2. The molecule has 0 aliphatic carbocycles. The second-order valence-corrected chi connectivity index (χ2v) is 26.9. The van der Waals surface area contributed by atoms with Crippen LogP contribution in [-0.4, -0.2) is 95.7 Å². The summed E-state index contributed by atoms with van der Waals surface area (Å²) in [5.74, 6) is -8.67. The molecule has 98 heavy (non-hydrogen) atoms. The first-order valence-electron chi connectivity index (χ1n) is 32.4. The number of likely N-dealkylation sites (N-methyl/N-ethyl adjacent to an activating group) is 2. The van der Waals surface area contributed by atoms with Gasteiger partial charge in [0.05, 0.1) is 42.7 Å². The lowest BCUT2D eigenvalue weighted by Gasteiger charge is -2.27. The quantitative estimate of drug-likeness (QED) is 0.0370. The Hall–Kier alpha value is -8.12. The number of esters is 1. The normalized spacial score (nSPS) is 13.2. The number of halogens is 10. The molecule has 14 nitrogen and oxygen atoms in total. The zero-order valence-corrected chi connectivity index (χ0v) is 59.3. The van der Waals surface area contributed by atoms with Crippen molar-refractivity contribution < 1.29 is 72.9 Å². The Bertz CT molecular complexity index is 4020. The minimum Gasteiger partial charge on any atom is -0.481 e. The van der Waals surface area contributed by atoms with Crippen LogP contribution in [-0.2, 0) is 49.1 Å². The van der Waals surface area contributed by atoms with Gasteiger partial charge in [0.15, 0.2) is 0 Å². The van der Waals surface area contributed by atoms with Gasteiger partial charge in [0.25, 0.3) is 11.1 Å². The van der Waals surface area contributed by atoms with Crippen molar-refractivity contribution in [3.05, 3.63) is 182 Å². The van der Waals surface area contributed by atoms with Gasteiger partial charge >= 0.3 is 24.3 Å². The summed E-state index contributed by atoms with van der Waals surface area (Å²) in [4.78, 5) is 82.9. The van der Waals surface area contributed by atoms with Crippen molar-refractivity contribution in [1.29, 1.82) is 0 Å². The Kier molecular flexibility index (Phi) is 27.3. The molecule has 6 rings (SSSR count). The summed E-state index contributed by atoms with van der Waals surface area (Å²) in [5.41, 5.74) is 1.89. The number of nitrogens with one attached hydrogen (secondary N) is 2. The van der Waals surface area contributed by atoms with Gasteiger partial charge in [0.2, 0.25) is 11.8 Å². The van der Waals surface area contributed by atoms with E-state index in [0.717, 1.165) is 66.0 Å². The van der Waals surface area contributed by atoms with E-state index in [-0.39, 0.29) is 90.6 Å². The highest BCUT2D eigenvalue weighted by atomic mass is 19.4. The van der Waals surface area contributed by atoms with Gasteiger partial charge in [-0.3, -0.25) is 28.8 Å². The molecule has 0 bridgehead atoms. The fourth-order valence-corrected chi connectivity index (χ4v) is 12.2. The molecule has 3 N–H and O–H groups in total. The van der Waals surface area contributed by atoms with Gasteiger partial charge in [0, 0.05) is 59.9 Å². The third-order valence-corrected chi connectivity index (χ3v) is 17.7. The molecule has 0 fully saturated rings. The molecule has 24 heteroatoms. The highest BCUT2D eigenvalue weighted by molar-refractivity contribution is 5.84. The third kappa shape index (κ3) is 19.4. The lowest BCUT2D eigenvalue weighted by atomic mass is 9.86. The molecular weight excluding hydrogens is 1290 g/mol. The standard InChI is InChI=1S/C38H48F5N3O4.C36H44F5N3O4/c1-11-50-32(48)18-29(34-35(39)23(6)16-27(36(34)40)33-24(7)21(4)15-22(5)25(33)8)44-37(49)30(14-20(2)3)46-19-26(12-13-45(9)10)28(17-31(46)47)38(41,42)43;1-18(2)12-28(44-17-24(10-11-43(8)9)26(15-29(44)45)36(39,40)41)35(48)42-27(16-30(46)47)32-33(37)21(5)14-25(34(32)38)31-22(6)19(3)13-20(4)23(31)7/h15-17,19-20,29-30H,11-14,18H2,1-10H3,(H,44,49);13-15,17-18,27-28H,10-12,16H2,1-9H3,(H,42,48)(H,46,47)/t29-,30?;27-,28?/m00/s1. The number of carbonyl (C=O) groups is 4. The number of hydrogen-bond acceptors (Lipinski definition) is 9. The number of hydrogen-bond donors (Lipinski definition) is 3. The summed E-state index contributed by atoms with van der Waals surface area (Å²) in [7, 11) is 6.75. The predicted octanol–water partition coefficient (Wildman–Crippen LogP) is 15.2. The Morgan fingerprint density at radius 1 is 0.510 bits per heavy atom. The Balaban J connectivity index is 0.000000354. The number of carboxylic acid groups (broad SMARTS) is 1. The number of amides is 2. The van der Waals surface area contributed by atoms with Crippen LogP contribution in [0.25, 0.3) is 22.3 Å². The largest absolute Gasteiger partial charge is 0.481 e. The first kappa shape index (κ1) is 80.6. The fourth-order valence-electron chi connectivity index (χ4n) is 12.2. The Morgan fingerprint density at radius 3 is 1.12 bits per heavy atom. The zero-order chi connectivity index (χ0) is 74.2. The molecule has 4 aromatic carbocycles. The average molecular weight is 1380 g/mol. The van der Waals surface area contributed by atoms with E-state index in [1.54, 1.807) is 86.5 Å². The smallest absolute Gasteiger partial charge is 0.416 e. The Labute approximate surface area is 566 Å². The molecule has 4 atom stereocenters. The van der Waals surface area contributed by atoms with Crippen molar-refractivity contribution in [2.45, 2.75) is 179 Å². The molecule has 0 saturated carbocycles. The van der Waals surface area contributed by atoms with Crippen molar-refractivity contribution in [3.63, 3.8) is 0 Å². The molecule has 6 aromatic rings. The van der Waals surface area contributed by atoms with Crippen LogP contribution in [0.4, 0.5) is 43.9 Å². The molecule has 0 spiro atoms. The third-order valence-electron chi connectivity index (χ3n) is 17.7. The molecule has 0 radical (unpaired) electrons. The monoisotopic (exact) mass is 1380 g/mol. The van der Waals surface area contributed by atoms with Gasteiger partial charge in [0.1, 0.15) is 35.4 Å². The molecule has 0 aliphatic heterocycles. The van der Waals surface area contributed by atoms with E-state index < -0.39 is 130 Å². The van der Waals surface area contributed by atoms with Crippen LogP contribution in [0.5, 0.6) is 0 Å². The van der Waals surface area contributed by atoms with E-state index in [1.165, 1.54) is 26.0 Å². The number of carbonyl (C=O) groups excluding carboxylic acids is 3. The summed E-state index contributed by atoms with van der Waals surface area (Å²) < 4.78 is 156. The minimum atomic E-state index is -4.83. The number of benzene rings is 4. The van der Waals surface area contributed by atoms with E-state index in [4.69, 9.17) is 4.74 Å². The molecule has 0 aliphatic rings. The molecular formula is C74H92F10N6O8. The molecule has 2 aromatic heterocycles. The molecule has 2 unspecified atom stereocenters. The van der Waals surface area contributed by atoms with Crippen LogP contribution in [0.15, 0.2) is 58.4 Å². The number of alkyl halides is 6. The summed E-state index contributed by atoms with van der Waals surface area (Å²) in [6.45, 7) is 26.6. The lowest BCUT2D eigenvalue weighted by Crippen LogP contribution is -2.41. The number of ether oxygens (including phenoxy) is 1. The average Bonchev–Trinajstić information content (AvgIpc) is 0.771. The maximum atomic E-state index is 16.8. The van der Waals surface area contributed by atoms with Gasteiger partial charge in [-0.15, -0.1) is 0 Å². The van der Waals surface area contributed by atoms with Crippen LogP contribution in [0.1, 0.15) is 173 Å². The van der Waals surface area contributed by atoms with Crippen LogP contribution in [0, 0.1) is 104 Å². The number of pyridine rings is 2. The van der Waals surface area contributed by atoms with Crippen molar-refractivity contribution in [1.82, 2.24) is 29.6 Å². The molecule has 2 amide bonds. The van der Waals surface area contributed by atoms with E-state index in [9.17, 15) is 60.2 Å². The topological polar surface area (TPSA) is 172 Å². The van der Waals surface area contributed by atoms with E-state index in [0.29, 0.717) is 23.3 Å². The molecule has 0 saturated heterocycles. The minimum absolute atomic E-state index is 0.00133. The van der Waals surface area contributed by atoms with Crippen LogP contribution >= 0.6 is 0 Å². The van der Waals surface area contributed by atoms with Crippen molar-refractivity contribution in [2.75, 3.05) is 47.9 Å². The van der Waals surface area contributed by atoms with Gasteiger partial charge in [-0.25, -0.2) is 17.6 Å².